The lowest BCUT2D eigenvalue weighted by atomic mass is 9.97. The van der Waals surface area contributed by atoms with Gasteiger partial charge in [0.1, 0.15) is 11.1 Å². The summed E-state index contributed by atoms with van der Waals surface area (Å²) in [5.74, 6) is 1.13. The van der Waals surface area contributed by atoms with E-state index in [1.54, 1.807) is 18.0 Å². The summed E-state index contributed by atoms with van der Waals surface area (Å²) in [5.41, 5.74) is 4.79. The number of furan rings is 1. The molecule has 176 valence electrons. The molecule has 1 fully saturated rings. The first-order valence-corrected chi connectivity index (χ1v) is 12.6. The van der Waals surface area contributed by atoms with Crippen molar-refractivity contribution in [2.45, 2.75) is 24.9 Å². The monoisotopic (exact) mass is 482 g/mol. The molecule has 1 saturated heterocycles. The Morgan fingerprint density at radius 1 is 0.971 bits per heavy atom. The Kier molecular flexibility index (Phi) is 6.73. The van der Waals surface area contributed by atoms with Crippen molar-refractivity contribution in [2.75, 3.05) is 5.75 Å². The number of nitrogens with zero attached hydrogens (tertiary/aromatic N) is 1. The van der Waals surface area contributed by atoms with E-state index in [4.69, 9.17) is 4.42 Å². The predicted octanol–water partition coefficient (Wildman–Crippen LogP) is 5.88. The number of amides is 2. The molecular weight excluding hydrogens is 456 g/mol. The van der Waals surface area contributed by atoms with Crippen molar-refractivity contribution in [3.63, 3.8) is 0 Å². The number of carbonyl (C=O) groups is 2. The molecule has 2 amide bonds. The molecule has 0 aliphatic carbocycles. The maximum absolute atomic E-state index is 13.2. The van der Waals surface area contributed by atoms with Crippen LogP contribution in [0.4, 0.5) is 0 Å². The average molecular weight is 483 g/mol. The zero-order chi connectivity index (χ0) is 24.2. The quantitative estimate of drug-likeness (QED) is 0.357. The number of rotatable bonds is 7. The highest BCUT2D eigenvalue weighted by molar-refractivity contribution is 8.00. The van der Waals surface area contributed by atoms with Gasteiger partial charge in [-0.25, -0.2) is 0 Å². The number of benzene rings is 3. The first kappa shape index (κ1) is 23.0. The van der Waals surface area contributed by atoms with Gasteiger partial charge in [-0.15, -0.1) is 11.8 Å². The van der Waals surface area contributed by atoms with E-state index in [1.807, 2.05) is 78.6 Å². The molecule has 35 heavy (non-hydrogen) atoms. The number of hydrogen-bond donors (Lipinski definition) is 1. The van der Waals surface area contributed by atoms with Crippen LogP contribution in [-0.2, 0) is 11.3 Å². The van der Waals surface area contributed by atoms with E-state index in [0.29, 0.717) is 17.9 Å². The van der Waals surface area contributed by atoms with Crippen LogP contribution < -0.4 is 5.32 Å². The van der Waals surface area contributed by atoms with E-state index in [-0.39, 0.29) is 23.2 Å². The SMILES string of the molecule is Cc1ccc([C@H](NC(=O)c2ccc([C@H]3SCC(=O)N3Cc3ccco3)cc2)c2ccccc2)cc1. The van der Waals surface area contributed by atoms with Crippen LogP contribution in [0.15, 0.2) is 102 Å². The Morgan fingerprint density at radius 2 is 1.69 bits per heavy atom. The molecule has 5 nitrogen and oxygen atoms in total. The van der Waals surface area contributed by atoms with Crippen LogP contribution in [0.1, 0.15) is 49.8 Å². The molecule has 3 aromatic carbocycles. The van der Waals surface area contributed by atoms with Gasteiger partial charge in [-0.2, -0.15) is 0 Å². The zero-order valence-corrected chi connectivity index (χ0v) is 20.2. The number of aryl methyl sites for hydroxylation is 1. The third-order valence-corrected chi connectivity index (χ3v) is 7.41. The summed E-state index contributed by atoms with van der Waals surface area (Å²) < 4.78 is 5.44. The topological polar surface area (TPSA) is 62.6 Å². The molecule has 4 aromatic rings. The van der Waals surface area contributed by atoms with Gasteiger partial charge in [-0.05, 0) is 47.9 Å². The Morgan fingerprint density at radius 3 is 2.37 bits per heavy atom. The number of nitrogens with one attached hydrogen (secondary N) is 1. The minimum Gasteiger partial charge on any atom is -0.467 e. The van der Waals surface area contributed by atoms with Gasteiger partial charge in [0.25, 0.3) is 5.91 Å². The molecule has 2 heterocycles. The molecule has 1 N–H and O–H groups in total. The van der Waals surface area contributed by atoms with E-state index in [0.717, 1.165) is 22.5 Å². The molecule has 1 aliphatic rings. The molecule has 5 rings (SSSR count). The molecule has 2 atom stereocenters. The Balaban J connectivity index is 1.34. The molecule has 1 aliphatic heterocycles. The molecule has 0 saturated carbocycles. The van der Waals surface area contributed by atoms with Crippen molar-refractivity contribution >= 4 is 23.6 Å². The van der Waals surface area contributed by atoms with Gasteiger partial charge < -0.3 is 14.6 Å². The van der Waals surface area contributed by atoms with Gasteiger partial charge in [-0.3, -0.25) is 9.59 Å². The fourth-order valence-electron chi connectivity index (χ4n) is 4.25. The highest BCUT2D eigenvalue weighted by Crippen LogP contribution is 2.39. The Hall–Kier alpha value is -3.77. The molecule has 0 radical (unpaired) electrons. The lowest BCUT2D eigenvalue weighted by Crippen LogP contribution is -2.29. The second-order valence-corrected chi connectivity index (χ2v) is 9.68. The summed E-state index contributed by atoms with van der Waals surface area (Å²) in [6, 6.07) is 29.2. The van der Waals surface area contributed by atoms with Crippen LogP contribution in [0.3, 0.4) is 0 Å². The summed E-state index contributed by atoms with van der Waals surface area (Å²) >= 11 is 1.59. The average Bonchev–Trinajstić information content (AvgIpc) is 3.54. The van der Waals surface area contributed by atoms with Crippen LogP contribution in [0.2, 0.25) is 0 Å². The highest BCUT2D eigenvalue weighted by Gasteiger charge is 2.33. The van der Waals surface area contributed by atoms with E-state index in [9.17, 15) is 9.59 Å². The number of carbonyl (C=O) groups excluding carboxylic acids is 2. The smallest absolute Gasteiger partial charge is 0.252 e. The fraction of sp³-hybridized carbons (Fsp3) is 0.172. The maximum Gasteiger partial charge on any atom is 0.252 e. The Labute approximate surface area is 209 Å². The summed E-state index contributed by atoms with van der Waals surface area (Å²) in [7, 11) is 0. The second kappa shape index (κ2) is 10.2. The highest BCUT2D eigenvalue weighted by atomic mass is 32.2. The van der Waals surface area contributed by atoms with Crippen molar-refractivity contribution in [1.82, 2.24) is 10.2 Å². The van der Waals surface area contributed by atoms with Gasteiger partial charge in [0.2, 0.25) is 5.91 Å². The molecule has 0 spiro atoms. The van der Waals surface area contributed by atoms with Crippen molar-refractivity contribution < 1.29 is 14.0 Å². The molecule has 1 aromatic heterocycles. The van der Waals surface area contributed by atoms with Crippen LogP contribution in [-0.4, -0.2) is 22.5 Å². The molecule has 0 unspecified atom stereocenters. The normalized spacial score (nSPS) is 16.3. The van der Waals surface area contributed by atoms with Crippen molar-refractivity contribution in [3.8, 4) is 0 Å². The van der Waals surface area contributed by atoms with Crippen LogP contribution in [0, 0.1) is 6.92 Å². The van der Waals surface area contributed by atoms with Gasteiger partial charge in [0, 0.05) is 5.56 Å². The van der Waals surface area contributed by atoms with E-state index >= 15 is 0 Å². The first-order valence-electron chi connectivity index (χ1n) is 11.5. The van der Waals surface area contributed by atoms with E-state index in [1.165, 1.54) is 5.56 Å². The van der Waals surface area contributed by atoms with Crippen molar-refractivity contribution in [1.29, 1.82) is 0 Å². The predicted molar refractivity (Wildman–Crippen MR) is 138 cm³/mol. The van der Waals surface area contributed by atoms with Crippen LogP contribution in [0.5, 0.6) is 0 Å². The minimum absolute atomic E-state index is 0.0852. The van der Waals surface area contributed by atoms with Crippen LogP contribution in [0.25, 0.3) is 0 Å². The van der Waals surface area contributed by atoms with Crippen molar-refractivity contribution in [2.24, 2.45) is 0 Å². The summed E-state index contributed by atoms with van der Waals surface area (Å²) in [6.07, 6.45) is 1.62. The molecule has 0 bridgehead atoms. The third kappa shape index (κ3) is 5.17. The largest absolute Gasteiger partial charge is 0.467 e. The zero-order valence-electron chi connectivity index (χ0n) is 19.4. The number of hydrogen-bond acceptors (Lipinski definition) is 4. The fourth-order valence-corrected chi connectivity index (χ4v) is 5.44. The van der Waals surface area contributed by atoms with Gasteiger partial charge >= 0.3 is 0 Å². The minimum atomic E-state index is -0.254. The second-order valence-electron chi connectivity index (χ2n) is 8.61. The summed E-state index contributed by atoms with van der Waals surface area (Å²) in [5, 5.41) is 3.10. The van der Waals surface area contributed by atoms with E-state index < -0.39 is 0 Å². The lowest BCUT2D eigenvalue weighted by molar-refractivity contribution is -0.128. The summed E-state index contributed by atoms with van der Waals surface area (Å²) in [6.45, 7) is 2.48. The first-order chi connectivity index (χ1) is 17.1. The lowest BCUT2D eigenvalue weighted by Gasteiger charge is -2.23. The van der Waals surface area contributed by atoms with Gasteiger partial charge in [0.05, 0.1) is 24.6 Å². The van der Waals surface area contributed by atoms with Gasteiger partial charge in [0.15, 0.2) is 0 Å². The maximum atomic E-state index is 13.2. The number of thioether (sulfide) groups is 1. The standard InChI is InChI=1S/C29H26N2O3S/c1-20-9-11-22(12-10-20)27(21-6-3-2-4-7-21)30-28(33)23-13-15-24(16-14-23)29-31(26(32)19-35-29)18-25-8-5-17-34-25/h2-17,27,29H,18-19H2,1H3,(H,30,33)/t27-,29-/m1/s1. The van der Waals surface area contributed by atoms with E-state index in [2.05, 4.69) is 29.6 Å². The van der Waals surface area contributed by atoms with Crippen LogP contribution >= 0.6 is 11.8 Å². The van der Waals surface area contributed by atoms with Crippen molar-refractivity contribution in [3.05, 3.63) is 131 Å². The molecular formula is C29H26N2O3S. The van der Waals surface area contributed by atoms with Gasteiger partial charge in [-0.1, -0.05) is 72.3 Å². The Bertz CT molecular complexity index is 1290. The molecule has 6 heteroatoms. The summed E-state index contributed by atoms with van der Waals surface area (Å²) in [4.78, 5) is 27.5. The third-order valence-electron chi connectivity index (χ3n) is 6.15.